The molecule has 5 aromatic carbocycles. The van der Waals surface area contributed by atoms with Crippen molar-refractivity contribution in [1.29, 1.82) is 0 Å². The molecule has 2 unspecified atom stereocenters. The lowest BCUT2D eigenvalue weighted by molar-refractivity contribution is 0.605. The minimum absolute atomic E-state index is 0.130. The predicted molar refractivity (Wildman–Crippen MR) is 212 cm³/mol. The topological polar surface area (TPSA) is 43.6 Å². The zero-order valence-corrected chi connectivity index (χ0v) is 28.9. The van der Waals surface area contributed by atoms with E-state index >= 15 is 0 Å². The average molecular weight is 659 g/mol. The van der Waals surface area contributed by atoms with Crippen LogP contribution in [0.4, 0.5) is 0 Å². The molecule has 0 radical (unpaired) electrons. The third kappa shape index (κ3) is 5.54. The van der Waals surface area contributed by atoms with Crippen molar-refractivity contribution in [2.24, 2.45) is 5.92 Å². The highest BCUT2D eigenvalue weighted by Crippen LogP contribution is 2.45. The molecule has 9 rings (SSSR count). The van der Waals surface area contributed by atoms with E-state index in [2.05, 4.69) is 164 Å². The van der Waals surface area contributed by atoms with Crippen molar-refractivity contribution in [2.45, 2.75) is 32.1 Å². The summed E-state index contributed by atoms with van der Waals surface area (Å²) in [4.78, 5) is 15.2. The van der Waals surface area contributed by atoms with Gasteiger partial charge in [-0.25, -0.2) is 15.0 Å². The molecule has 7 aromatic rings. The van der Waals surface area contributed by atoms with Crippen LogP contribution >= 0.6 is 0 Å². The van der Waals surface area contributed by atoms with Crippen molar-refractivity contribution < 1.29 is 0 Å². The average Bonchev–Trinajstić information content (AvgIpc) is 3.53. The highest BCUT2D eigenvalue weighted by atomic mass is 15.0. The van der Waals surface area contributed by atoms with Gasteiger partial charge in [-0.3, -0.25) is 0 Å². The zero-order valence-electron chi connectivity index (χ0n) is 28.9. The minimum atomic E-state index is -0.130. The fourth-order valence-corrected chi connectivity index (χ4v) is 7.81. The highest BCUT2D eigenvalue weighted by Gasteiger charge is 2.29. The number of para-hydroxylation sites is 1. The Hall–Kier alpha value is -6.13. The Bertz CT molecular complexity index is 2550. The standard InChI is InChI=1S/C47H38N4/c1-32-16-12-20-35(30-32)45-48-44(33-17-6-3-7-18-33)49-46(50-45)36-21-13-19-34(31-36)38-24-14-26-40-42(38)43-39(47(2)28-10-5-11-29-47)25-15-27-41(43)51(40)37-22-8-4-9-23-37/h3-28,31-32H,29-30H2,1-2H3. The van der Waals surface area contributed by atoms with Gasteiger partial charge in [0.1, 0.15) is 0 Å². The highest BCUT2D eigenvalue weighted by molar-refractivity contribution is 6.17. The summed E-state index contributed by atoms with van der Waals surface area (Å²) in [6, 6.07) is 43.2. The summed E-state index contributed by atoms with van der Waals surface area (Å²) in [6.45, 7) is 4.59. The lowest BCUT2D eigenvalue weighted by Gasteiger charge is -2.28. The monoisotopic (exact) mass is 658 g/mol. The Morgan fingerprint density at radius 2 is 1.29 bits per heavy atom. The van der Waals surface area contributed by atoms with E-state index in [0.29, 0.717) is 17.6 Å². The molecule has 0 saturated heterocycles. The molecule has 0 N–H and O–H groups in total. The first kappa shape index (κ1) is 30.9. The molecule has 4 nitrogen and oxygen atoms in total. The Kier molecular flexibility index (Phi) is 7.66. The first-order valence-corrected chi connectivity index (χ1v) is 17.8. The lowest BCUT2D eigenvalue weighted by atomic mass is 9.75. The van der Waals surface area contributed by atoms with Gasteiger partial charge in [0, 0.05) is 33.0 Å². The van der Waals surface area contributed by atoms with E-state index < -0.39 is 0 Å². The number of fused-ring (bicyclic) bond motifs is 3. The third-order valence-electron chi connectivity index (χ3n) is 10.4. The maximum absolute atomic E-state index is 5.12. The summed E-state index contributed by atoms with van der Waals surface area (Å²) in [5.41, 5.74) is 10.1. The van der Waals surface area contributed by atoms with Crippen LogP contribution in [0.5, 0.6) is 0 Å². The van der Waals surface area contributed by atoms with Gasteiger partial charge in [-0.2, -0.15) is 0 Å². The third-order valence-corrected chi connectivity index (χ3v) is 10.4. The largest absolute Gasteiger partial charge is 0.309 e. The Morgan fingerprint density at radius 1 is 0.627 bits per heavy atom. The van der Waals surface area contributed by atoms with Crippen LogP contribution in [-0.4, -0.2) is 19.5 Å². The SMILES string of the molecule is CC1C=CC=C(c2nc(-c3ccccc3)nc(-c3cccc(-c4cccc5c4c4c(C6(C)C=CC=CC6)cccc4n5-c4ccccc4)c3)n2)C1. The van der Waals surface area contributed by atoms with Gasteiger partial charge < -0.3 is 4.57 Å². The maximum Gasteiger partial charge on any atom is 0.164 e. The van der Waals surface area contributed by atoms with E-state index in [0.717, 1.165) is 46.6 Å². The van der Waals surface area contributed by atoms with Crippen LogP contribution in [0, 0.1) is 5.92 Å². The summed E-state index contributed by atoms with van der Waals surface area (Å²) >= 11 is 0. The molecular formula is C47H38N4. The summed E-state index contributed by atoms with van der Waals surface area (Å²) in [7, 11) is 0. The maximum atomic E-state index is 5.12. The Labute approximate surface area is 298 Å². The summed E-state index contributed by atoms with van der Waals surface area (Å²) < 4.78 is 2.42. The molecule has 0 amide bonds. The van der Waals surface area contributed by atoms with Gasteiger partial charge in [0.25, 0.3) is 0 Å². The second kappa shape index (κ2) is 12.6. The molecule has 2 atom stereocenters. The molecule has 2 aliphatic carbocycles. The van der Waals surface area contributed by atoms with Gasteiger partial charge in [-0.15, -0.1) is 0 Å². The quantitative estimate of drug-likeness (QED) is 0.179. The molecular weight excluding hydrogens is 621 g/mol. The molecule has 0 saturated carbocycles. The van der Waals surface area contributed by atoms with Gasteiger partial charge in [-0.1, -0.05) is 147 Å². The number of aromatic nitrogens is 4. The molecule has 4 heteroatoms. The van der Waals surface area contributed by atoms with Gasteiger partial charge >= 0.3 is 0 Å². The summed E-state index contributed by atoms with van der Waals surface area (Å²) in [5.74, 6) is 2.53. The number of rotatable bonds is 6. The lowest BCUT2D eigenvalue weighted by Crippen LogP contribution is -2.19. The van der Waals surface area contributed by atoms with E-state index in [1.807, 2.05) is 18.2 Å². The van der Waals surface area contributed by atoms with Crippen LogP contribution in [0.15, 0.2) is 164 Å². The van der Waals surface area contributed by atoms with E-state index in [1.165, 1.54) is 32.9 Å². The minimum Gasteiger partial charge on any atom is -0.309 e. The van der Waals surface area contributed by atoms with Crippen LogP contribution < -0.4 is 0 Å². The predicted octanol–water partition coefficient (Wildman–Crippen LogP) is 11.7. The normalized spacial score (nSPS) is 18.4. The molecule has 2 aromatic heterocycles. The van der Waals surface area contributed by atoms with Crippen molar-refractivity contribution in [2.75, 3.05) is 0 Å². The fraction of sp³-hybridized carbons (Fsp3) is 0.128. The molecule has 0 aliphatic heterocycles. The Balaban J connectivity index is 1.27. The van der Waals surface area contributed by atoms with E-state index in [9.17, 15) is 0 Å². The summed E-state index contributed by atoms with van der Waals surface area (Å²) in [5, 5.41) is 2.54. The van der Waals surface area contributed by atoms with Crippen molar-refractivity contribution in [3.05, 3.63) is 175 Å². The van der Waals surface area contributed by atoms with Crippen molar-refractivity contribution in [3.63, 3.8) is 0 Å². The summed E-state index contributed by atoms with van der Waals surface area (Å²) in [6.07, 6.45) is 17.3. The molecule has 2 aliphatic rings. The van der Waals surface area contributed by atoms with E-state index in [-0.39, 0.29) is 5.41 Å². The second-order valence-corrected chi connectivity index (χ2v) is 14.0. The first-order valence-electron chi connectivity index (χ1n) is 17.8. The molecule has 0 spiro atoms. The van der Waals surface area contributed by atoms with Crippen molar-refractivity contribution in [1.82, 2.24) is 19.5 Å². The van der Waals surface area contributed by atoms with Crippen molar-refractivity contribution >= 4 is 27.4 Å². The molecule has 0 fully saturated rings. The molecule has 51 heavy (non-hydrogen) atoms. The van der Waals surface area contributed by atoms with Crippen molar-refractivity contribution in [3.8, 4) is 39.6 Å². The van der Waals surface area contributed by atoms with Gasteiger partial charge in [0.2, 0.25) is 0 Å². The number of allylic oxidation sites excluding steroid dienone is 8. The van der Waals surface area contributed by atoms with E-state index in [1.54, 1.807) is 0 Å². The van der Waals surface area contributed by atoms with Crippen LogP contribution in [-0.2, 0) is 5.41 Å². The second-order valence-electron chi connectivity index (χ2n) is 14.0. The van der Waals surface area contributed by atoms with Crippen LogP contribution in [0.25, 0.3) is 67.0 Å². The molecule has 2 heterocycles. The van der Waals surface area contributed by atoms with E-state index in [4.69, 9.17) is 15.0 Å². The van der Waals surface area contributed by atoms with Crippen LogP contribution in [0.2, 0.25) is 0 Å². The van der Waals surface area contributed by atoms with Crippen LogP contribution in [0.1, 0.15) is 38.1 Å². The number of hydrogen-bond donors (Lipinski definition) is 0. The first-order chi connectivity index (χ1) is 25.1. The van der Waals surface area contributed by atoms with Crippen LogP contribution in [0.3, 0.4) is 0 Å². The zero-order chi connectivity index (χ0) is 34.4. The molecule has 0 bridgehead atoms. The Morgan fingerprint density at radius 3 is 2.06 bits per heavy atom. The number of hydrogen-bond acceptors (Lipinski definition) is 3. The smallest absolute Gasteiger partial charge is 0.164 e. The van der Waals surface area contributed by atoms with Gasteiger partial charge in [0.15, 0.2) is 17.5 Å². The van der Waals surface area contributed by atoms with Gasteiger partial charge in [-0.05, 0) is 71.4 Å². The van der Waals surface area contributed by atoms with Gasteiger partial charge in [0.05, 0.1) is 11.0 Å². The molecule has 246 valence electrons. The number of benzene rings is 5. The fourth-order valence-electron chi connectivity index (χ4n) is 7.81. The number of nitrogens with zero attached hydrogens (tertiary/aromatic N) is 4.